The van der Waals surface area contributed by atoms with E-state index in [4.69, 9.17) is 0 Å². The van der Waals surface area contributed by atoms with Gasteiger partial charge in [-0.25, -0.2) is 4.79 Å². The molecule has 2 heterocycles. The van der Waals surface area contributed by atoms with Crippen molar-refractivity contribution in [3.8, 4) is 0 Å². The van der Waals surface area contributed by atoms with Crippen molar-refractivity contribution in [2.45, 2.75) is 19.4 Å². The number of carbonyl (C=O) groups excluding carboxylic acids is 3. The Morgan fingerprint density at radius 3 is 2.48 bits per heavy atom. The van der Waals surface area contributed by atoms with E-state index in [2.05, 4.69) is 34.6 Å². The summed E-state index contributed by atoms with van der Waals surface area (Å²) in [5.41, 5.74) is 2.42. The maximum absolute atomic E-state index is 12.3. The molecule has 1 unspecified atom stereocenters. The van der Waals surface area contributed by atoms with Crippen molar-refractivity contribution < 1.29 is 14.4 Å². The second kappa shape index (κ2) is 6.28. The first-order valence-corrected chi connectivity index (χ1v) is 7.74. The van der Waals surface area contributed by atoms with Crippen LogP contribution in [-0.2, 0) is 9.59 Å². The van der Waals surface area contributed by atoms with Crippen molar-refractivity contribution in [3.63, 3.8) is 0 Å². The van der Waals surface area contributed by atoms with E-state index in [1.165, 1.54) is 11.3 Å². The number of para-hydroxylation sites is 1. The molecule has 1 atom stereocenters. The Morgan fingerprint density at radius 2 is 1.87 bits per heavy atom. The van der Waals surface area contributed by atoms with E-state index < -0.39 is 18.0 Å². The molecule has 2 fully saturated rings. The summed E-state index contributed by atoms with van der Waals surface area (Å²) in [4.78, 5) is 38.9. The van der Waals surface area contributed by atoms with Crippen LogP contribution in [0.3, 0.4) is 0 Å². The second-order valence-corrected chi connectivity index (χ2v) is 5.87. The molecule has 1 aromatic rings. The lowest BCUT2D eigenvalue weighted by Crippen LogP contribution is -2.50. The normalized spacial score (nSPS) is 21.2. The van der Waals surface area contributed by atoms with Gasteiger partial charge in [0.05, 0.1) is 6.42 Å². The van der Waals surface area contributed by atoms with Gasteiger partial charge in [-0.15, -0.1) is 0 Å². The Morgan fingerprint density at radius 1 is 1.17 bits per heavy atom. The molecular formula is C16H20N4O3. The lowest BCUT2D eigenvalue weighted by Gasteiger charge is -2.37. The fourth-order valence-electron chi connectivity index (χ4n) is 3.02. The molecule has 7 nitrogen and oxygen atoms in total. The van der Waals surface area contributed by atoms with Crippen molar-refractivity contribution in [3.05, 3.63) is 29.8 Å². The first kappa shape index (κ1) is 15.3. The Bertz CT molecular complexity index is 638. The highest BCUT2D eigenvalue weighted by atomic mass is 16.2. The molecular weight excluding hydrogens is 296 g/mol. The van der Waals surface area contributed by atoms with Crippen LogP contribution in [0.5, 0.6) is 0 Å². The Hall–Kier alpha value is -2.57. The smallest absolute Gasteiger partial charge is 0.322 e. The molecule has 0 aromatic heterocycles. The third kappa shape index (κ3) is 3.28. The number of piperazine rings is 1. The molecule has 0 radical (unpaired) electrons. The minimum absolute atomic E-state index is 0.0158. The fraction of sp³-hybridized carbons (Fsp3) is 0.438. The van der Waals surface area contributed by atoms with Gasteiger partial charge in [-0.05, 0) is 18.6 Å². The summed E-state index contributed by atoms with van der Waals surface area (Å²) < 4.78 is 0. The van der Waals surface area contributed by atoms with Crippen LogP contribution in [0.1, 0.15) is 12.0 Å². The quantitative estimate of drug-likeness (QED) is 0.783. The van der Waals surface area contributed by atoms with Gasteiger partial charge in [0.1, 0.15) is 6.04 Å². The summed E-state index contributed by atoms with van der Waals surface area (Å²) in [6.45, 7) is 4.85. The first-order valence-electron chi connectivity index (χ1n) is 7.74. The second-order valence-electron chi connectivity index (χ2n) is 5.87. The lowest BCUT2D eigenvalue weighted by atomic mass is 10.1. The Labute approximate surface area is 134 Å². The predicted molar refractivity (Wildman–Crippen MR) is 85.1 cm³/mol. The summed E-state index contributed by atoms with van der Waals surface area (Å²) in [6, 6.07) is 6.92. The number of anilines is 1. The standard InChI is InChI=1S/C16H20N4O3/c1-11-4-2-3-5-13(11)19-6-8-20(9-7-19)14(21)10-12-15(22)18-16(23)17-12/h2-5,12H,6-10H2,1H3,(H2,17,18,22,23). The van der Waals surface area contributed by atoms with Crippen molar-refractivity contribution in [1.82, 2.24) is 15.5 Å². The summed E-state index contributed by atoms with van der Waals surface area (Å²) in [5.74, 6) is -0.529. The minimum atomic E-state index is -0.746. The topological polar surface area (TPSA) is 81.8 Å². The van der Waals surface area contributed by atoms with Crippen LogP contribution >= 0.6 is 0 Å². The third-order valence-electron chi connectivity index (χ3n) is 4.33. The van der Waals surface area contributed by atoms with E-state index in [0.29, 0.717) is 13.1 Å². The molecule has 23 heavy (non-hydrogen) atoms. The molecule has 0 saturated carbocycles. The van der Waals surface area contributed by atoms with Crippen molar-refractivity contribution in [1.29, 1.82) is 0 Å². The number of carbonyl (C=O) groups is 3. The molecule has 4 amide bonds. The molecule has 2 saturated heterocycles. The predicted octanol–water partition coefficient (Wildman–Crippen LogP) is 0.242. The average molecular weight is 316 g/mol. The zero-order chi connectivity index (χ0) is 16.4. The summed E-state index contributed by atoms with van der Waals surface area (Å²) >= 11 is 0. The van der Waals surface area contributed by atoms with Gasteiger partial charge in [0.25, 0.3) is 5.91 Å². The zero-order valence-electron chi connectivity index (χ0n) is 13.0. The Kier molecular flexibility index (Phi) is 4.18. The number of aryl methyl sites for hydroxylation is 1. The summed E-state index contributed by atoms with van der Waals surface area (Å²) in [7, 11) is 0. The van der Waals surface area contributed by atoms with Crippen molar-refractivity contribution in [2.75, 3.05) is 31.1 Å². The average Bonchev–Trinajstić information content (AvgIpc) is 2.85. The molecule has 3 rings (SSSR count). The van der Waals surface area contributed by atoms with Gasteiger partial charge in [-0.3, -0.25) is 14.9 Å². The number of urea groups is 1. The van der Waals surface area contributed by atoms with Gasteiger partial charge in [-0.2, -0.15) is 0 Å². The van der Waals surface area contributed by atoms with E-state index in [1.807, 2.05) is 12.1 Å². The molecule has 7 heteroatoms. The maximum atomic E-state index is 12.3. The lowest BCUT2D eigenvalue weighted by molar-refractivity contribution is -0.134. The molecule has 122 valence electrons. The number of hydrogen-bond acceptors (Lipinski definition) is 4. The van der Waals surface area contributed by atoms with E-state index in [-0.39, 0.29) is 12.3 Å². The van der Waals surface area contributed by atoms with E-state index in [1.54, 1.807) is 4.90 Å². The monoisotopic (exact) mass is 316 g/mol. The first-order chi connectivity index (χ1) is 11.0. The number of amides is 4. The van der Waals surface area contributed by atoms with Gasteiger partial charge < -0.3 is 15.1 Å². The largest absolute Gasteiger partial charge is 0.368 e. The fourth-order valence-corrected chi connectivity index (χ4v) is 3.02. The molecule has 2 aliphatic heterocycles. The van der Waals surface area contributed by atoms with Crippen LogP contribution in [0, 0.1) is 6.92 Å². The van der Waals surface area contributed by atoms with Crippen LogP contribution in [0.25, 0.3) is 0 Å². The molecule has 2 aliphatic rings. The highest BCUT2D eigenvalue weighted by Gasteiger charge is 2.33. The van der Waals surface area contributed by atoms with Crippen molar-refractivity contribution in [2.24, 2.45) is 0 Å². The van der Waals surface area contributed by atoms with Gasteiger partial charge >= 0.3 is 6.03 Å². The van der Waals surface area contributed by atoms with E-state index >= 15 is 0 Å². The van der Waals surface area contributed by atoms with Gasteiger partial charge in [-0.1, -0.05) is 18.2 Å². The molecule has 1 aromatic carbocycles. The summed E-state index contributed by atoms with van der Waals surface area (Å²) in [6.07, 6.45) is 0.0158. The SMILES string of the molecule is Cc1ccccc1N1CCN(C(=O)CC2NC(=O)NC2=O)CC1. The maximum Gasteiger partial charge on any atom is 0.322 e. The van der Waals surface area contributed by atoms with Gasteiger partial charge in [0, 0.05) is 31.9 Å². The molecule has 0 aliphatic carbocycles. The van der Waals surface area contributed by atoms with Crippen LogP contribution in [0.2, 0.25) is 0 Å². The molecule has 0 bridgehead atoms. The van der Waals surface area contributed by atoms with E-state index in [9.17, 15) is 14.4 Å². The Balaban J connectivity index is 1.54. The number of benzene rings is 1. The van der Waals surface area contributed by atoms with Gasteiger partial charge in [0.15, 0.2) is 0 Å². The number of nitrogens with one attached hydrogen (secondary N) is 2. The van der Waals surface area contributed by atoms with Crippen LogP contribution in [-0.4, -0.2) is 55.0 Å². The third-order valence-corrected chi connectivity index (χ3v) is 4.33. The van der Waals surface area contributed by atoms with Crippen LogP contribution in [0.4, 0.5) is 10.5 Å². The zero-order valence-corrected chi connectivity index (χ0v) is 13.0. The molecule has 0 spiro atoms. The number of hydrogen-bond donors (Lipinski definition) is 2. The minimum Gasteiger partial charge on any atom is -0.368 e. The highest BCUT2D eigenvalue weighted by molar-refractivity contribution is 6.05. The number of nitrogens with zero attached hydrogens (tertiary/aromatic N) is 2. The van der Waals surface area contributed by atoms with Crippen LogP contribution in [0.15, 0.2) is 24.3 Å². The van der Waals surface area contributed by atoms with Gasteiger partial charge in [0.2, 0.25) is 5.91 Å². The highest BCUT2D eigenvalue weighted by Crippen LogP contribution is 2.21. The van der Waals surface area contributed by atoms with E-state index in [0.717, 1.165) is 13.1 Å². The van der Waals surface area contributed by atoms with Crippen molar-refractivity contribution >= 4 is 23.5 Å². The number of imide groups is 1. The summed E-state index contributed by atoms with van der Waals surface area (Å²) in [5, 5.41) is 4.60. The van der Waals surface area contributed by atoms with Crippen LogP contribution < -0.4 is 15.5 Å². The molecule has 2 N–H and O–H groups in total. The number of rotatable bonds is 3.